The van der Waals surface area contributed by atoms with Crippen molar-refractivity contribution in [1.82, 2.24) is 4.90 Å². The minimum absolute atomic E-state index is 0.0641. The van der Waals surface area contributed by atoms with E-state index in [9.17, 15) is 9.90 Å². The Morgan fingerprint density at radius 1 is 1.17 bits per heavy atom. The summed E-state index contributed by atoms with van der Waals surface area (Å²) in [6, 6.07) is 12.6. The predicted molar refractivity (Wildman–Crippen MR) is 142 cm³/mol. The van der Waals surface area contributed by atoms with E-state index in [4.69, 9.17) is 21.1 Å². The molecule has 2 fully saturated rings. The molecular weight excluding hydrogens is 474 g/mol. The largest absolute Gasteiger partial charge is 0.494 e. The fourth-order valence-electron chi connectivity index (χ4n) is 6.31. The van der Waals surface area contributed by atoms with Crippen LogP contribution in [0.15, 0.2) is 36.4 Å². The Bertz CT molecular complexity index is 1110. The Morgan fingerprint density at radius 2 is 1.92 bits per heavy atom. The Labute approximate surface area is 219 Å². The number of hydrogen-bond donors (Lipinski definition) is 1. The molecule has 1 unspecified atom stereocenters. The molecule has 1 spiro atoms. The van der Waals surface area contributed by atoms with Gasteiger partial charge in [-0.15, -0.1) is 0 Å². The van der Waals surface area contributed by atoms with E-state index in [-0.39, 0.29) is 23.5 Å². The van der Waals surface area contributed by atoms with Crippen LogP contribution in [0.2, 0.25) is 5.02 Å². The van der Waals surface area contributed by atoms with Gasteiger partial charge in [0.25, 0.3) is 0 Å². The van der Waals surface area contributed by atoms with Crippen molar-refractivity contribution in [2.75, 3.05) is 19.7 Å². The van der Waals surface area contributed by atoms with E-state index in [1.165, 1.54) is 5.56 Å². The van der Waals surface area contributed by atoms with Gasteiger partial charge in [0.2, 0.25) is 0 Å². The molecule has 2 aromatic carbocycles. The van der Waals surface area contributed by atoms with Crippen LogP contribution in [0.25, 0.3) is 0 Å². The van der Waals surface area contributed by atoms with Crippen molar-refractivity contribution >= 4 is 17.6 Å². The zero-order valence-corrected chi connectivity index (χ0v) is 22.4. The minimum Gasteiger partial charge on any atom is -0.494 e. The summed E-state index contributed by atoms with van der Waals surface area (Å²) in [6.07, 6.45) is 6.23. The van der Waals surface area contributed by atoms with E-state index in [0.29, 0.717) is 12.5 Å². The molecule has 5 rings (SSSR count). The fourth-order valence-corrected chi connectivity index (χ4v) is 6.49. The van der Waals surface area contributed by atoms with Crippen LogP contribution >= 0.6 is 11.6 Å². The Balaban J connectivity index is 1.30. The van der Waals surface area contributed by atoms with E-state index in [1.54, 1.807) is 0 Å². The van der Waals surface area contributed by atoms with E-state index in [2.05, 4.69) is 30.0 Å². The highest BCUT2D eigenvalue weighted by Crippen LogP contribution is 2.49. The number of likely N-dealkylation sites (tertiary alicyclic amines) is 1. The Hall–Kier alpha value is -2.24. The molecule has 0 bridgehead atoms. The molecule has 36 heavy (non-hydrogen) atoms. The van der Waals surface area contributed by atoms with Crippen molar-refractivity contribution in [2.45, 2.75) is 76.9 Å². The number of nitrogens with zero attached hydrogens (tertiary/aromatic N) is 1. The van der Waals surface area contributed by atoms with Crippen molar-refractivity contribution in [3.8, 4) is 11.5 Å². The summed E-state index contributed by atoms with van der Waals surface area (Å²) in [4.78, 5) is 14.3. The van der Waals surface area contributed by atoms with Gasteiger partial charge in [0, 0.05) is 29.7 Å². The molecule has 1 N–H and O–H groups in total. The number of aliphatic carboxylic acids is 1. The van der Waals surface area contributed by atoms with Gasteiger partial charge in [0.1, 0.15) is 17.1 Å². The van der Waals surface area contributed by atoms with Crippen LogP contribution in [0.5, 0.6) is 11.5 Å². The van der Waals surface area contributed by atoms with Gasteiger partial charge in [0.05, 0.1) is 12.5 Å². The Morgan fingerprint density at radius 3 is 2.58 bits per heavy atom. The average Bonchev–Trinajstić information content (AvgIpc) is 3.70. The lowest BCUT2D eigenvalue weighted by Crippen LogP contribution is -2.50. The maximum Gasteiger partial charge on any atom is 0.306 e. The number of carboxylic acids is 1. The van der Waals surface area contributed by atoms with Crippen LogP contribution in [0, 0.1) is 11.8 Å². The molecule has 0 aromatic heterocycles. The highest BCUT2D eigenvalue weighted by atomic mass is 35.5. The van der Waals surface area contributed by atoms with E-state index >= 15 is 0 Å². The third kappa shape index (κ3) is 5.10. The quantitative estimate of drug-likeness (QED) is 0.419. The van der Waals surface area contributed by atoms with Crippen LogP contribution in [-0.2, 0) is 11.2 Å². The number of fused-ring (bicyclic) bond motifs is 1. The first-order valence-electron chi connectivity index (χ1n) is 13.5. The molecule has 194 valence electrons. The standard InChI is InChI=1S/C30H38ClNO4/c1-4-35-26-10-9-24(31)18-25(26)20(3)32-15-13-30(14-16-32)12-11-21-5-8-23(17-27(21)36-30)28(22-6-7-22)19(2)29(33)34/h5,8-10,17-20,22,28H,4,6-7,11-16H2,1-3H3,(H,33,34)/t19-,20?,28-/m0/s1. The number of aryl methyl sites for hydroxylation is 1. The number of hydrogen-bond acceptors (Lipinski definition) is 4. The van der Waals surface area contributed by atoms with Gasteiger partial charge in [0.15, 0.2) is 0 Å². The summed E-state index contributed by atoms with van der Waals surface area (Å²) >= 11 is 6.33. The van der Waals surface area contributed by atoms with Crippen LogP contribution < -0.4 is 9.47 Å². The van der Waals surface area contributed by atoms with Crippen LogP contribution in [0.1, 0.15) is 81.5 Å². The first-order valence-corrected chi connectivity index (χ1v) is 13.9. The lowest BCUT2D eigenvalue weighted by Gasteiger charge is -2.46. The van der Waals surface area contributed by atoms with Gasteiger partial charge in [-0.1, -0.05) is 30.7 Å². The lowest BCUT2D eigenvalue weighted by molar-refractivity contribution is -0.142. The first-order chi connectivity index (χ1) is 17.3. The number of carbonyl (C=O) groups is 1. The van der Waals surface area contributed by atoms with Crippen molar-refractivity contribution < 1.29 is 19.4 Å². The summed E-state index contributed by atoms with van der Waals surface area (Å²) in [6.45, 7) is 8.63. The molecule has 1 saturated heterocycles. The Kier molecular flexibility index (Phi) is 7.24. The first kappa shape index (κ1) is 25.4. The second kappa shape index (κ2) is 10.3. The van der Waals surface area contributed by atoms with Crippen molar-refractivity contribution in [3.05, 3.63) is 58.1 Å². The SMILES string of the molecule is CCOc1ccc(Cl)cc1C(C)N1CCC2(CCc3ccc([C@H](C4CC4)[C@H](C)C(=O)O)cc3O2)CC1. The maximum atomic E-state index is 11.8. The topological polar surface area (TPSA) is 59.0 Å². The number of halogens is 1. The van der Waals surface area contributed by atoms with E-state index in [0.717, 1.165) is 79.3 Å². The zero-order valence-electron chi connectivity index (χ0n) is 21.6. The van der Waals surface area contributed by atoms with Crippen molar-refractivity contribution in [2.24, 2.45) is 11.8 Å². The maximum absolute atomic E-state index is 11.8. The van der Waals surface area contributed by atoms with Gasteiger partial charge in [-0.3, -0.25) is 9.69 Å². The molecule has 2 heterocycles. The van der Waals surface area contributed by atoms with Crippen molar-refractivity contribution in [3.63, 3.8) is 0 Å². The lowest BCUT2D eigenvalue weighted by atomic mass is 9.80. The monoisotopic (exact) mass is 511 g/mol. The third-order valence-electron chi connectivity index (χ3n) is 8.69. The number of ether oxygens (including phenoxy) is 2. The van der Waals surface area contributed by atoms with Gasteiger partial charge < -0.3 is 14.6 Å². The van der Waals surface area contributed by atoms with Crippen molar-refractivity contribution in [1.29, 1.82) is 0 Å². The summed E-state index contributed by atoms with van der Waals surface area (Å²) in [7, 11) is 0. The average molecular weight is 512 g/mol. The summed E-state index contributed by atoms with van der Waals surface area (Å²) in [5.41, 5.74) is 3.36. The number of benzene rings is 2. The second-order valence-corrected chi connectivity index (χ2v) is 11.4. The number of carboxylic acid groups (broad SMARTS) is 1. The molecule has 2 aromatic rings. The van der Waals surface area contributed by atoms with Crippen LogP contribution in [0.3, 0.4) is 0 Å². The molecule has 6 heteroatoms. The summed E-state index contributed by atoms with van der Waals surface area (Å²) < 4.78 is 12.7. The van der Waals surface area contributed by atoms with Gasteiger partial charge in [-0.2, -0.15) is 0 Å². The zero-order chi connectivity index (χ0) is 25.4. The van der Waals surface area contributed by atoms with Crippen LogP contribution in [0.4, 0.5) is 0 Å². The summed E-state index contributed by atoms with van der Waals surface area (Å²) in [5, 5.41) is 10.4. The second-order valence-electron chi connectivity index (χ2n) is 11.0. The molecule has 0 radical (unpaired) electrons. The molecule has 1 aliphatic carbocycles. The molecule has 5 nitrogen and oxygen atoms in total. The van der Waals surface area contributed by atoms with Gasteiger partial charge in [-0.25, -0.2) is 0 Å². The highest BCUT2D eigenvalue weighted by molar-refractivity contribution is 6.30. The third-order valence-corrected chi connectivity index (χ3v) is 8.92. The molecule has 1 saturated carbocycles. The molecular formula is C30H38ClNO4. The van der Waals surface area contributed by atoms with Gasteiger partial charge in [-0.05, 0) is 99.6 Å². The molecule has 2 aliphatic heterocycles. The summed E-state index contributed by atoms with van der Waals surface area (Å²) in [5.74, 6) is 1.32. The normalized spacial score (nSPS) is 21.8. The van der Waals surface area contributed by atoms with E-state index in [1.807, 2.05) is 32.0 Å². The van der Waals surface area contributed by atoms with E-state index < -0.39 is 5.97 Å². The smallest absolute Gasteiger partial charge is 0.306 e. The fraction of sp³-hybridized carbons (Fsp3) is 0.567. The predicted octanol–water partition coefficient (Wildman–Crippen LogP) is 6.87. The molecule has 3 atom stereocenters. The van der Waals surface area contributed by atoms with Gasteiger partial charge >= 0.3 is 5.97 Å². The minimum atomic E-state index is -0.712. The number of rotatable bonds is 8. The molecule has 0 amide bonds. The molecule has 3 aliphatic rings. The van der Waals surface area contributed by atoms with Crippen LogP contribution in [-0.4, -0.2) is 41.3 Å². The number of piperidine rings is 1. The highest BCUT2D eigenvalue weighted by Gasteiger charge is 2.42.